The van der Waals surface area contributed by atoms with E-state index in [0.717, 1.165) is 12.1 Å². The fraction of sp³-hybridized carbons (Fsp3) is 0.522. The summed E-state index contributed by atoms with van der Waals surface area (Å²) in [4.78, 5) is 10.5. The monoisotopic (exact) mass is 460 g/mol. The van der Waals surface area contributed by atoms with E-state index in [-0.39, 0.29) is 24.5 Å². The van der Waals surface area contributed by atoms with Crippen molar-refractivity contribution in [2.45, 2.75) is 56.7 Å². The minimum Gasteiger partial charge on any atom is -0.490 e. The molecule has 0 saturated heterocycles. The summed E-state index contributed by atoms with van der Waals surface area (Å²) in [6.45, 7) is -0.489. The van der Waals surface area contributed by atoms with Crippen LogP contribution in [-0.4, -0.2) is 46.3 Å². The molecular weight excluding hydrogens is 432 g/mol. The summed E-state index contributed by atoms with van der Waals surface area (Å²) >= 11 is 0. The van der Waals surface area contributed by atoms with Crippen molar-refractivity contribution in [2.75, 3.05) is 6.61 Å². The smallest absolute Gasteiger partial charge is 0.416 e. The maximum Gasteiger partial charge on any atom is 0.416 e. The van der Waals surface area contributed by atoms with Crippen LogP contribution >= 0.6 is 0 Å². The zero-order valence-corrected chi connectivity index (χ0v) is 17.4. The number of carbonyl (C=O) groups is 1. The summed E-state index contributed by atoms with van der Waals surface area (Å²) in [5.74, 6) is -1.78. The molecule has 0 amide bonds. The number of benzene rings is 1. The van der Waals surface area contributed by atoms with Gasteiger partial charge in [0.25, 0.3) is 0 Å². The molecule has 0 bridgehead atoms. The number of ether oxygens (including phenoxy) is 1. The minimum absolute atomic E-state index is 0.0704. The molecule has 178 valence electrons. The third-order valence-electron chi connectivity index (χ3n) is 5.36. The Hall–Kier alpha value is -2.39. The van der Waals surface area contributed by atoms with E-state index in [4.69, 9.17) is 9.84 Å². The molecule has 0 aliphatic heterocycles. The topological polar surface area (TPSA) is 87.0 Å². The van der Waals surface area contributed by atoms with Gasteiger partial charge in [-0.2, -0.15) is 13.2 Å². The molecule has 0 heterocycles. The first-order chi connectivity index (χ1) is 15.1. The fourth-order valence-corrected chi connectivity index (χ4v) is 3.69. The third kappa shape index (κ3) is 8.27. The zero-order chi connectivity index (χ0) is 23.7. The molecule has 1 aliphatic rings. The molecule has 0 spiro atoms. The maximum absolute atomic E-state index is 14.2. The fourth-order valence-electron chi connectivity index (χ4n) is 3.69. The predicted molar refractivity (Wildman–Crippen MR) is 110 cm³/mol. The Morgan fingerprint density at radius 1 is 1.22 bits per heavy atom. The van der Waals surface area contributed by atoms with Gasteiger partial charge in [-0.15, -0.1) is 0 Å². The first-order valence-corrected chi connectivity index (χ1v) is 10.4. The van der Waals surface area contributed by atoms with E-state index in [2.05, 4.69) is 0 Å². The van der Waals surface area contributed by atoms with Gasteiger partial charge in [0.2, 0.25) is 0 Å². The van der Waals surface area contributed by atoms with Crippen LogP contribution in [0.1, 0.15) is 37.7 Å². The van der Waals surface area contributed by atoms with Crippen LogP contribution in [0.25, 0.3) is 0 Å². The maximum atomic E-state index is 14.2. The Morgan fingerprint density at radius 2 is 1.97 bits per heavy atom. The molecule has 0 radical (unpaired) electrons. The lowest BCUT2D eigenvalue weighted by atomic mass is 9.89. The molecular formula is C23H28F4O5. The molecule has 1 aliphatic carbocycles. The number of alkyl halides is 4. The second-order valence-electron chi connectivity index (χ2n) is 7.84. The van der Waals surface area contributed by atoms with Gasteiger partial charge in [0.1, 0.15) is 12.4 Å². The molecule has 2 rings (SSSR count). The van der Waals surface area contributed by atoms with Gasteiger partial charge in [0.15, 0.2) is 6.17 Å². The van der Waals surface area contributed by atoms with Gasteiger partial charge in [0.05, 0.1) is 17.8 Å². The molecule has 1 fully saturated rings. The zero-order valence-electron chi connectivity index (χ0n) is 17.4. The van der Waals surface area contributed by atoms with Crippen LogP contribution in [-0.2, 0) is 11.0 Å². The number of rotatable bonds is 11. The second-order valence-corrected chi connectivity index (χ2v) is 7.84. The Labute approximate surface area is 184 Å². The summed E-state index contributed by atoms with van der Waals surface area (Å²) in [7, 11) is 0. The highest BCUT2D eigenvalue weighted by molar-refractivity contribution is 5.66. The van der Waals surface area contributed by atoms with Crippen molar-refractivity contribution in [1.29, 1.82) is 0 Å². The van der Waals surface area contributed by atoms with Crippen LogP contribution in [0.5, 0.6) is 5.75 Å². The molecule has 1 aromatic rings. The summed E-state index contributed by atoms with van der Waals surface area (Å²) in [5.41, 5.74) is -0.886. The molecule has 32 heavy (non-hydrogen) atoms. The lowest BCUT2D eigenvalue weighted by Gasteiger charge is -2.19. The predicted octanol–water partition coefficient (Wildman–Crippen LogP) is 4.54. The summed E-state index contributed by atoms with van der Waals surface area (Å²) in [6, 6.07) is 4.18. The number of aliphatic hydroxyl groups excluding tert-OH is 2. The van der Waals surface area contributed by atoms with E-state index in [9.17, 15) is 32.6 Å². The molecule has 0 unspecified atom stereocenters. The number of aliphatic carboxylic acids is 1. The average molecular weight is 460 g/mol. The van der Waals surface area contributed by atoms with Gasteiger partial charge in [0, 0.05) is 18.8 Å². The number of unbranched alkanes of at least 4 members (excludes halogenated alkanes) is 1. The number of carboxylic acids is 1. The minimum atomic E-state index is -4.52. The van der Waals surface area contributed by atoms with Crippen LogP contribution < -0.4 is 4.74 Å². The SMILES string of the molecule is O=C(O)CCC/C=C\C[C@@H]1[C@@H](/C=C/[C@@H](F)COc2cccc(C(F)(F)F)c2)[C@H](O)C[C@@H]1O. The van der Waals surface area contributed by atoms with Gasteiger partial charge < -0.3 is 20.1 Å². The number of carboxylic acid groups (broad SMARTS) is 1. The van der Waals surface area contributed by atoms with E-state index in [0.29, 0.717) is 19.3 Å². The highest BCUT2D eigenvalue weighted by Crippen LogP contribution is 2.36. The largest absolute Gasteiger partial charge is 0.490 e. The standard InChI is InChI=1S/C23H28F4O5/c24-16(14-32-17-7-5-6-15(12-17)23(25,26)27)10-11-19-18(20(28)13-21(19)29)8-3-1-2-4-9-22(30)31/h1,3,5-7,10-12,16,18-21,28-29H,2,4,8-9,13-14H2,(H,30,31)/b3-1-,11-10+/t16-,18-,19-,20+,21-/m1/s1. The second kappa shape index (κ2) is 12.0. The van der Waals surface area contributed by atoms with Gasteiger partial charge in [-0.1, -0.05) is 30.4 Å². The Bertz CT molecular complexity index is 793. The van der Waals surface area contributed by atoms with Crippen LogP contribution in [0.2, 0.25) is 0 Å². The highest BCUT2D eigenvalue weighted by atomic mass is 19.4. The number of hydrogen-bond acceptors (Lipinski definition) is 4. The third-order valence-corrected chi connectivity index (χ3v) is 5.36. The van der Waals surface area contributed by atoms with Gasteiger partial charge in [-0.05, 0) is 43.4 Å². The number of halogens is 4. The van der Waals surface area contributed by atoms with Crippen molar-refractivity contribution in [3.05, 3.63) is 54.1 Å². The molecule has 5 nitrogen and oxygen atoms in total. The normalized spacial score (nSPS) is 24.9. The van der Waals surface area contributed by atoms with Crippen LogP contribution in [0.3, 0.4) is 0 Å². The number of aliphatic hydroxyl groups is 2. The van der Waals surface area contributed by atoms with Crippen molar-refractivity contribution in [1.82, 2.24) is 0 Å². The molecule has 1 saturated carbocycles. The number of hydrogen-bond donors (Lipinski definition) is 3. The Kier molecular flexibility index (Phi) is 9.71. The first-order valence-electron chi connectivity index (χ1n) is 10.4. The lowest BCUT2D eigenvalue weighted by Crippen LogP contribution is -2.20. The van der Waals surface area contributed by atoms with E-state index in [1.807, 2.05) is 12.2 Å². The van der Waals surface area contributed by atoms with Crippen molar-refractivity contribution in [3.63, 3.8) is 0 Å². The molecule has 0 aromatic heterocycles. The summed E-state index contributed by atoms with van der Waals surface area (Å²) in [5, 5.41) is 29.0. The highest BCUT2D eigenvalue weighted by Gasteiger charge is 2.39. The van der Waals surface area contributed by atoms with Gasteiger partial charge >= 0.3 is 12.1 Å². The van der Waals surface area contributed by atoms with Crippen LogP contribution in [0.15, 0.2) is 48.6 Å². The van der Waals surface area contributed by atoms with Crippen molar-refractivity contribution in [2.24, 2.45) is 11.8 Å². The molecule has 9 heteroatoms. The van der Waals surface area contributed by atoms with Gasteiger partial charge in [-0.25, -0.2) is 4.39 Å². The van der Waals surface area contributed by atoms with Crippen molar-refractivity contribution >= 4 is 5.97 Å². The van der Waals surface area contributed by atoms with Crippen LogP contribution in [0.4, 0.5) is 17.6 Å². The molecule has 5 atom stereocenters. The van der Waals surface area contributed by atoms with E-state index in [1.165, 1.54) is 24.3 Å². The van der Waals surface area contributed by atoms with Crippen LogP contribution in [0, 0.1) is 11.8 Å². The Balaban J connectivity index is 1.87. The quantitative estimate of drug-likeness (QED) is 0.257. The van der Waals surface area contributed by atoms with E-state index in [1.54, 1.807) is 0 Å². The molecule has 3 N–H and O–H groups in total. The van der Waals surface area contributed by atoms with Crippen molar-refractivity contribution < 1.29 is 42.4 Å². The van der Waals surface area contributed by atoms with Gasteiger partial charge in [-0.3, -0.25) is 4.79 Å². The summed E-state index contributed by atoms with van der Waals surface area (Å²) in [6.07, 6.45) is 0.315. The lowest BCUT2D eigenvalue weighted by molar-refractivity contribution is -0.138. The van der Waals surface area contributed by atoms with E-state index < -0.39 is 48.6 Å². The van der Waals surface area contributed by atoms with E-state index >= 15 is 0 Å². The first kappa shape index (κ1) is 25.9. The number of allylic oxidation sites excluding steroid dienone is 2. The molecule has 1 aromatic carbocycles. The Morgan fingerprint density at radius 3 is 2.66 bits per heavy atom. The summed E-state index contributed by atoms with van der Waals surface area (Å²) < 4.78 is 57.6. The average Bonchev–Trinajstić information content (AvgIpc) is 2.99. The van der Waals surface area contributed by atoms with Crippen molar-refractivity contribution in [3.8, 4) is 5.75 Å².